The number of aryl methyl sites for hydroxylation is 1. The molecule has 202 valence electrons. The summed E-state index contributed by atoms with van der Waals surface area (Å²) >= 11 is 0. The fraction of sp³-hybridized carbons (Fsp3) is 0.182. The molecule has 0 unspecified atom stereocenters. The lowest BCUT2D eigenvalue weighted by atomic mass is 9.98. The van der Waals surface area contributed by atoms with Gasteiger partial charge in [-0.1, -0.05) is 54.6 Å². The van der Waals surface area contributed by atoms with Gasteiger partial charge in [-0.3, -0.25) is 4.90 Å². The molecule has 4 nitrogen and oxygen atoms in total. The number of rotatable bonds is 5. The van der Waals surface area contributed by atoms with Crippen molar-refractivity contribution in [2.24, 2.45) is 7.05 Å². The van der Waals surface area contributed by atoms with Crippen molar-refractivity contribution in [3.8, 4) is 16.9 Å². The van der Waals surface area contributed by atoms with Crippen LogP contribution in [0.1, 0.15) is 32.6 Å². The van der Waals surface area contributed by atoms with E-state index in [1.54, 1.807) is 30.3 Å². The van der Waals surface area contributed by atoms with Crippen LogP contribution >= 0.6 is 0 Å². The molecule has 1 aliphatic heterocycles. The second kappa shape index (κ2) is 10.3. The van der Waals surface area contributed by atoms with Gasteiger partial charge in [0.25, 0.3) is 0 Å². The van der Waals surface area contributed by atoms with Crippen molar-refractivity contribution >= 4 is 16.9 Å². The summed E-state index contributed by atoms with van der Waals surface area (Å²) in [4.78, 5) is 15.6. The largest absolute Gasteiger partial charge is 0.423 e. The first-order valence-corrected chi connectivity index (χ1v) is 13.1. The van der Waals surface area contributed by atoms with Crippen LogP contribution < -0.4 is 4.74 Å². The molecule has 0 saturated carbocycles. The van der Waals surface area contributed by atoms with E-state index in [2.05, 4.69) is 47.0 Å². The number of carbonyl (C=O) groups is 1. The third-order valence-corrected chi connectivity index (χ3v) is 7.52. The van der Waals surface area contributed by atoms with Gasteiger partial charge in [0, 0.05) is 43.8 Å². The standard InChI is InChI=1S/C33H27F3N2O2/c1-37-19-25(29-7-4-5-9-31(29)37)21-38-17-16-23-18-27(15-12-24(23)20-38)40-32(39)30-8-3-2-6-28(30)22-10-13-26(14-11-22)33(34,35)36/h2-15,18-19H,16-17,20-21H2,1H3. The molecule has 0 bridgehead atoms. The number of esters is 1. The molecular formula is C33H27F3N2O2. The quantitative estimate of drug-likeness (QED) is 0.170. The number of benzene rings is 4. The van der Waals surface area contributed by atoms with Crippen LogP contribution in [0.3, 0.4) is 0 Å². The highest BCUT2D eigenvalue weighted by atomic mass is 19.4. The Morgan fingerprint density at radius 1 is 0.900 bits per heavy atom. The zero-order chi connectivity index (χ0) is 27.9. The van der Waals surface area contributed by atoms with E-state index in [-0.39, 0.29) is 0 Å². The fourth-order valence-corrected chi connectivity index (χ4v) is 5.49. The number of hydrogen-bond acceptors (Lipinski definition) is 3. The maximum atomic E-state index is 13.2. The molecule has 5 aromatic rings. The first-order chi connectivity index (χ1) is 19.3. The Morgan fingerprint density at radius 3 is 2.45 bits per heavy atom. The van der Waals surface area contributed by atoms with Gasteiger partial charge < -0.3 is 9.30 Å². The van der Waals surface area contributed by atoms with Gasteiger partial charge in [-0.05, 0) is 70.6 Å². The summed E-state index contributed by atoms with van der Waals surface area (Å²) in [6.07, 6.45) is -1.38. The summed E-state index contributed by atoms with van der Waals surface area (Å²) in [6.45, 7) is 2.56. The monoisotopic (exact) mass is 540 g/mol. The Bertz CT molecular complexity index is 1700. The van der Waals surface area contributed by atoms with Gasteiger partial charge in [-0.2, -0.15) is 13.2 Å². The number of halogens is 3. The molecule has 2 heterocycles. The SMILES string of the molecule is Cn1cc(CN2CCc3cc(OC(=O)c4ccccc4-c4ccc(C(F)(F)F)cc4)ccc3C2)c2ccccc21. The van der Waals surface area contributed by atoms with Gasteiger partial charge in [0.15, 0.2) is 0 Å². The van der Waals surface area contributed by atoms with Crippen LogP contribution in [0.5, 0.6) is 5.75 Å². The Morgan fingerprint density at radius 2 is 1.65 bits per heavy atom. The van der Waals surface area contributed by atoms with Crippen LogP contribution in [0.2, 0.25) is 0 Å². The summed E-state index contributed by atoms with van der Waals surface area (Å²) in [5.41, 5.74) is 5.47. The van der Waals surface area contributed by atoms with Gasteiger partial charge in [-0.25, -0.2) is 4.79 Å². The Balaban J connectivity index is 1.16. The van der Waals surface area contributed by atoms with Gasteiger partial charge in [-0.15, -0.1) is 0 Å². The second-order valence-electron chi connectivity index (χ2n) is 10.2. The maximum Gasteiger partial charge on any atom is 0.416 e. The van der Waals surface area contributed by atoms with Crippen molar-refractivity contribution in [3.05, 3.63) is 125 Å². The first kappa shape index (κ1) is 25.9. The summed E-state index contributed by atoms with van der Waals surface area (Å²) in [5.74, 6) is -0.0997. The minimum atomic E-state index is -4.42. The summed E-state index contributed by atoms with van der Waals surface area (Å²) in [5, 5.41) is 1.27. The van der Waals surface area contributed by atoms with E-state index in [9.17, 15) is 18.0 Å². The molecule has 4 aromatic carbocycles. The number of ether oxygens (including phenoxy) is 1. The minimum absolute atomic E-state index is 0.293. The van der Waals surface area contributed by atoms with Crippen molar-refractivity contribution in [2.45, 2.75) is 25.7 Å². The highest BCUT2D eigenvalue weighted by Crippen LogP contribution is 2.33. The van der Waals surface area contributed by atoms with Crippen LogP contribution in [-0.2, 0) is 32.7 Å². The lowest BCUT2D eigenvalue weighted by Crippen LogP contribution is -2.30. The number of alkyl halides is 3. The molecule has 0 N–H and O–H groups in total. The summed E-state index contributed by atoms with van der Waals surface area (Å²) in [7, 11) is 2.07. The van der Waals surface area contributed by atoms with Crippen LogP contribution in [0.25, 0.3) is 22.0 Å². The third kappa shape index (κ3) is 5.12. The van der Waals surface area contributed by atoms with Crippen molar-refractivity contribution < 1.29 is 22.7 Å². The molecule has 0 atom stereocenters. The molecule has 0 spiro atoms. The van der Waals surface area contributed by atoms with E-state index < -0.39 is 17.7 Å². The van der Waals surface area contributed by atoms with E-state index in [0.717, 1.165) is 43.8 Å². The van der Waals surface area contributed by atoms with Crippen LogP contribution in [-0.4, -0.2) is 22.0 Å². The molecule has 0 aliphatic carbocycles. The molecule has 0 fully saturated rings. The van der Waals surface area contributed by atoms with Gasteiger partial charge in [0.1, 0.15) is 5.75 Å². The zero-order valence-electron chi connectivity index (χ0n) is 21.9. The van der Waals surface area contributed by atoms with Gasteiger partial charge in [0.2, 0.25) is 0 Å². The molecular weight excluding hydrogens is 513 g/mol. The lowest BCUT2D eigenvalue weighted by Gasteiger charge is -2.29. The van der Waals surface area contributed by atoms with Gasteiger partial charge >= 0.3 is 12.1 Å². The second-order valence-corrected chi connectivity index (χ2v) is 10.2. The number of hydrogen-bond donors (Lipinski definition) is 0. The van der Waals surface area contributed by atoms with Crippen molar-refractivity contribution in [2.75, 3.05) is 6.54 Å². The minimum Gasteiger partial charge on any atom is -0.423 e. The van der Waals surface area contributed by atoms with Crippen LogP contribution in [0.15, 0.2) is 97.2 Å². The predicted octanol–water partition coefficient (Wildman–Crippen LogP) is 7.64. The molecule has 7 heteroatoms. The number of para-hydroxylation sites is 1. The van der Waals surface area contributed by atoms with Crippen molar-refractivity contribution in [3.63, 3.8) is 0 Å². The molecule has 1 aromatic heterocycles. The van der Waals surface area contributed by atoms with E-state index >= 15 is 0 Å². The maximum absolute atomic E-state index is 13.2. The van der Waals surface area contributed by atoms with E-state index in [0.29, 0.717) is 22.4 Å². The Labute approximate surface area is 230 Å². The zero-order valence-corrected chi connectivity index (χ0v) is 21.9. The van der Waals surface area contributed by atoms with Crippen LogP contribution in [0, 0.1) is 0 Å². The molecule has 0 saturated heterocycles. The summed E-state index contributed by atoms with van der Waals surface area (Å²) in [6, 6.07) is 25.7. The normalized spacial score (nSPS) is 13.8. The Kier molecular flexibility index (Phi) is 6.68. The number of nitrogens with zero attached hydrogens (tertiary/aromatic N) is 2. The topological polar surface area (TPSA) is 34.5 Å². The number of aromatic nitrogens is 1. The Hall–Kier alpha value is -4.36. The third-order valence-electron chi connectivity index (χ3n) is 7.52. The van der Waals surface area contributed by atoms with Crippen LogP contribution in [0.4, 0.5) is 13.2 Å². The first-order valence-electron chi connectivity index (χ1n) is 13.1. The molecule has 40 heavy (non-hydrogen) atoms. The fourth-order valence-electron chi connectivity index (χ4n) is 5.49. The number of fused-ring (bicyclic) bond motifs is 2. The van der Waals surface area contributed by atoms with Crippen molar-refractivity contribution in [1.82, 2.24) is 9.47 Å². The lowest BCUT2D eigenvalue weighted by molar-refractivity contribution is -0.137. The summed E-state index contributed by atoms with van der Waals surface area (Å²) < 4.78 is 46.9. The van der Waals surface area contributed by atoms with Gasteiger partial charge in [0.05, 0.1) is 11.1 Å². The average molecular weight is 541 g/mol. The molecule has 1 aliphatic rings. The highest BCUT2D eigenvalue weighted by Gasteiger charge is 2.30. The van der Waals surface area contributed by atoms with E-state index in [1.165, 1.54) is 34.2 Å². The average Bonchev–Trinajstić information content (AvgIpc) is 3.27. The van der Waals surface area contributed by atoms with Crippen molar-refractivity contribution in [1.29, 1.82) is 0 Å². The molecule has 6 rings (SSSR count). The molecule has 0 amide bonds. The highest BCUT2D eigenvalue weighted by molar-refractivity contribution is 5.98. The predicted molar refractivity (Wildman–Crippen MR) is 149 cm³/mol. The van der Waals surface area contributed by atoms with E-state index in [4.69, 9.17) is 4.74 Å². The number of carbonyl (C=O) groups excluding carboxylic acids is 1. The van der Waals surface area contributed by atoms with E-state index in [1.807, 2.05) is 12.1 Å². The smallest absolute Gasteiger partial charge is 0.416 e. The molecule has 0 radical (unpaired) electrons.